The number of hydrogen-bond donors (Lipinski definition) is 2. The van der Waals surface area contributed by atoms with Crippen molar-refractivity contribution in [2.24, 2.45) is 5.41 Å². The van der Waals surface area contributed by atoms with Crippen LogP contribution >= 0.6 is 0 Å². The van der Waals surface area contributed by atoms with Gasteiger partial charge in [-0.05, 0) is 32.1 Å². The van der Waals surface area contributed by atoms with Gasteiger partial charge in [0.1, 0.15) is 0 Å². The van der Waals surface area contributed by atoms with Gasteiger partial charge >= 0.3 is 11.8 Å². The Labute approximate surface area is 105 Å². The van der Waals surface area contributed by atoms with Gasteiger partial charge in [-0.1, -0.05) is 27.7 Å². The van der Waals surface area contributed by atoms with Gasteiger partial charge < -0.3 is 10.6 Å². The number of carbonyl (C=O) groups is 2. The van der Waals surface area contributed by atoms with Crippen LogP contribution in [0.5, 0.6) is 0 Å². The molecule has 17 heavy (non-hydrogen) atoms. The van der Waals surface area contributed by atoms with Crippen LogP contribution in [0.25, 0.3) is 0 Å². The Morgan fingerprint density at radius 3 is 1.94 bits per heavy atom. The summed E-state index contributed by atoms with van der Waals surface area (Å²) in [5.74, 6) is -1.10. The molecule has 0 bridgehead atoms. The molecular formula is C13H26N2O2. The molecular weight excluding hydrogens is 216 g/mol. The van der Waals surface area contributed by atoms with Crippen LogP contribution in [0, 0.1) is 5.41 Å². The van der Waals surface area contributed by atoms with E-state index in [4.69, 9.17) is 0 Å². The van der Waals surface area contributed by atoms with Gasteiger partial charge in [0.2, 0.25) is 0 Å². The van der Waals surface area contributed by atoms with Crippen molar-refractivity contribution in [1.82, 2.24) is 10.6 Å². The van der Waals surface area contributed by atoms with E-state index in [1.165, 1.54) is 0 Å². The smallest absolute Gasteiger partial charge is 0.309 e. The molecule has 0 aromatic carbocycles. The van der Waals surface area contributed by atoms with Crippen molar-refractivity contribution < 1.29 is 9.59 Å². The third kappa shape index (κ3) is 7.77. The fourth-order valence-corrected chi connectivity index (χ4v) is 1.08. The molecule has 4 heteroatoms. The molecule has 0 spiro atoms. The first kappa shape index (κ1) is 15.9. The first-order valence-electron chi connectivity index (χ1n) is 6.18. The zero-order valence-electron chi connectivity index (χ0n) is 11.9. The standard InChI is InChI=1S/C13H26N2O2/c1-7-13(5,6)15-11(17)10(16)14-9-8-12(2,3)4/h7-9H2,1-6H3,(H,14,16)(H,15,17). The zero-order chi connectivity index (χ0) is 13.7. The second-order valence-electron chi connectivity index (χ2n) is 6.26. The quantitative estimate of drug-likeness (QED) is 0.739. The van der Waals surface area contributed by atoms with Crippen molar-refractivity contribution in [1.29, 1.82) is 0 Å². The molecule has 0 aromatic rings. The predicted octanol–water partition coefficient (Wildman–Crippen LogP) is 1.84. The average Bonchev–Trinajstić information content (AvgIpc) is 2.15. The van der Waals surface area contributed by atoms with Crippen LogP contribution in [0.2, 0.25) is 0 Å². The Morgan fingerprint density at radius 1 is 1.00 bits per heavy atom. The Kier molecular flexibility index (Phi) is 5.66. The molecule has 0 aromatic heterocycles. The highest BCUT2D eigenvalue weighted by Gasteiger charge is 2.22. The minimum atomic E-state index is -0.550. The topological polar surface area (TPSA) is 58.2 Å². The van der Waals surface area contributed by atoms with Gasteiger partial charge in [0.05, 0.1) is 0 Å². The van der Waals surface area contributed by atoms with Crippen LogP contribution in [0.1, 0.15) is 54.4 Å². The van der Waals surface area contributed by atoms with E-state index >= 15 is 0 Å². The molecule has 0 heterocycles. The first-order chi connectivity index (χ1) is 7.57. The second-order valence-corrected chi connectivity index (χ2v) is 6.26. The Morgan fingerprint density at radius 2 is 1.53 bits per heavy atom. The van der Waals surface area contributed by atoms with Crippen molar-refractivity contribution in [3.63, 3.8) is 0 Å². The molecule has 100 valence electrons. The van der Waals surface area contributed by atoms with Gasteiger partial charge in [-0.2, -0.15) is 0 Å². The molecule has 0 saturated heterocycles. The van der Waals surface area contributed by atoms with E-state index in [1.54, 1.807) is 0 Å². The van der Waals surface area contributed by atoms with Crippen LogP contribution in [-0.4, -0.2) is 23.9 Å². The van der Waals surface area contributed by atoms with Gasteiger partial charge in [-0.25, -0.2) is 0 Å². The molecule has 2 amide bonds. The van der Waals surface area contributed by atoms with Crippen LogP contribution in [0.3, 0.4) is 0 Å². The van der Waals surface area contributed by atoms with Crippen molar-refractivity contribution in [2.75, 3.05) is 6.54 Å². The molecule has 0 atom stereocenters. The average molecular weight is 242 g/mol. The third-order valence-corrected chi connectivity index (χ3v) is 2.70. The van der Waals surface area contributed by atoms with E-state index in [-0.39, 0.29) is 11.0 Å². The summed E-state index contributed by atoms with van der Waals surface area (Å²) >= 11 is 0. The van der Waals surface area contributed by atoms with Gasteiger partial charge in [-0.3, -0.25) is 9.59 Å². The minimum Gasteiger partial charge on any atom is -0.348 e. The fourth-order valence-electron chi connectivity index (χ4n) is 1.08. The van der Waals surface area contributed by atoms with Crippen LogP contribution < -0.4 is 10.6 Å². The van der Waals surface area contributed by atoms with E-state index in [2.05, 4.69) is 31.4 Å². The molecule has 0 rings (SSSR count). The lowest BCUT2D eigenvalue weighted by molar-refractivity contribution is -0.140. The van der Waals surface area contributed by atoms with Gasteiger partial charge in [-0.15, -0.1) is 0 Å². The normalized spacial score (nSPS) is 12.1. The SMILES string of the molecule is CCC(C)(C)NC(=O)C(=O)NCCC(C)(C)C. The minimum absolute atomic E-state index is 0.159. The number of hydrogen-bond acceptors (Lipinski definition) is 2. The molecule has 2 N–H and O–H groups in total. The monoisotopic (exact) mass is 242 g/mol. The highest BCUT2D eigenvalue weighted by atomic mass is 16.2. The van der Waals surface area contributed by atoms with Gasteiger partial charge in [0, 0.05) is 12.1 Å². The summed E-state index contributed by atoms with van der Waals surface area (Å²) in [4.78, 5) is 23.0. The fraction of sp³-hybridized carbons (Fsp3) is 0.846. The number of rotatable bonds is 4. The number of amides is 2. The molecule has 0 aliphatic heterocycles. The zero-order valence-corrected chi connectivity index (χ0v) is 11.9. The lowest BCUT2D eigenvalue weighted by Crippen LogP contribution is -2.49. The summed E-state index contributed by atoms with van der Waals surface area (Å²) in [5, 5.41) is 5.34. The number of carbonyl (C=O) groups excluding carboxylic acids is 2. The first-order valence-corrected chi connectivity index (χ1v) is 6.18. The van der Waals surface area contributed by atoms with Crippen molar-refractivity contribution in [3.8, 4) is 0 Å². The predicted molar refractivity (Wildman–Crippen MR) is 69.6 cm³/mol. The Bertz CT molecular complexity index is 278. The molecule has 0 fully saturated rings. The van der Waals surface area contributed by atoms with Crippen molar-refractivity contribution in [3.05, 3.63) is 0 Å². The lowest BCUT2D eigenvalue weighted by atomic mass is 9.92. The highest BCUT2D eigenvalue weighted by Crippen LogP contribution is 2.16. The maximum absolute atomic E-state index is 11.5. The summed E-state index contributed by atoms with van der Waals surface area (Å²) < 4.78 is 0. The van der Waals surface area contributed by atoms with Crippen molar-refractivity contribution in [2.45, 2.75) is 59.9 Å². The van der Waals surface area contributed by atoms with E-state index in [0.29, 0.717) is 6.54 Å². The molecule has 0 aliphatic rings. The molecule has 4 nitrogen and oxygen atoms in total. The molecule has 0 radical (unpaired) electrons. The van der Waals surface area contributed by atoms with Crippen LogP contribution in [0.4, 0.5) is 0 Å². The van der Waals surface area contributed by atoms with Crippen molar-refractivity contribution >= 4 is 11.8 Å². The van der Waals surface area contributed by atoms with Gasteiger partial charge in [0.25, 0.3) is 0 Å². The summed E-state index contributed by atoms with van der Waals surface area (Å²) in [6.07, 6.45) is 1.64. The second kappa shape index (κ2) is 6.03. The summed E-state index contributed by atoms with van der Waals surface area (Å²) in [6, 6.07) is 0. The third-order valence-electron chi connectivity index (χ3n) is 2.70. The molecule has 0 unspecified atom stereocenters. The van der Waals surface area contributed by atoms with E-state index in [9.17, 15) is 9.59 Å². The van der Waals surface area contributed by atoms with Crippen LogP contribution in [-0.2, 0) is 9.59 Å². The molecule has 0 saturated carbocycles. The Hall–Kier alpha value is -1.06. The maximum Gasteiger partial charge on any atom is 0.309 e. The van der Waals surface area contributed by atoms with Crippen LogP contribution in [0.15, 0.2) is 0 Å². The largest absolute Gasteiger partial charge is 0.348 e. The highest BCUT2D eigenvalue weighted by molar-refractivity contribution is 6.35. The van der Waals surface area contributed by atoms with Gasteiger partial charge in [0.15, 0.2) is 0 Å². The van der Waals surface area contributed by atoms with E-state index < -0.39 is 11.8 Å². The lowest BCUT2D eigenvalue weighted by Gasteiger charge is -2.24. The molecule has 0 aliphatic carbocycles. The van der Waals surface area contributed by atoms with E-state index in [0.717, 1.165) is 12.8 Å². The summed E-state index contributed by atoms with van der Waals surface area (Å²) in [5.41, 5.74) is -0.176. The summed E-state index contributed by atoms with van der Waals surface area (Å²) in [6.45, 7) is 12.6. The maximum atomic E-state index is 11.5. The number of nitrogens with one attached hydrogen (secondary N) is 2. The van der Waals surface area contributed by atoms with E-state index in [1.807, 2.05) is 20.8 Å². The Balaban J connectivity index is 4.04. The summed E-state index contributed by atoms with van der Waals surface area (Å²) in [7, 11) is 0.